The summed E-state index contributed by atoms with van der Waals surface area (Å²) in [6.07, 6.45) is 2.17. The lowest BCUT2D eigenvalue weighted by Gasteiger charge is -2.10. The molecule has 0 saturated heterocycles. The van der Waals surface area contributed by atoms with Crippen LogP contribution in [0, 0.1) is 11.6 Å². The van der Waals surface area contributed by atoms with Gasteiger partial charge in [0.25, 0.3) is 0 Å². The summed E-state index contributed by atoms with van der Waals surface area (Å²) in [6.45, 7) is 0. The number of halogens is 3. The number of carboxylic acid groups (broad SMARTS) is 1. The molecule has 3 nitrogen and oxygen atoms in total. The summed E-state index contributed by atoms with van der Waals surface area (Å²) in [7, 11) is 0. The second-order valence-corrected chi connectivity index (χ2v) is 4.47. The monoisotopic (exact) mass is 310 g/mol. The molecule has 0 aromatic heterocycles. The molecule has 0 radical (unpaired) electrons. The first-order valence-corrected chi connectivity index (χ1v) is 6.17. The Morgan fingerprint density at radius 3 is 2.52 bits per heavy atom. The third-order valence-corrected chi connectivity index (χ3v) is 2.73. The summed E-state index contributed by atoms with van der Waals surface area (Å²) in [5, 5.41) is 9.00. The molecule has 0 atom stereocenters. The summed E-state index contributed by atoms with van der Waals surface area (Å²) in [5.74, 6) is -2.71. The van der Waals surface area contributed by atoms with Crippen LogP contribution in [0.4, 0.5) is 8.78 Å². The van der Waals surface area contributed by atoms with Gasteiger partial charge in [-0.15, -0.1) is 0 Å². The van der Waals surface area contributed by atoms with Gasteiger partial charge < -0.3 is 9.84 Å². The van der Waals surface area contributed by atoms with Gasteiger partial charge in [0.2, 0.25) is 0 Å². The lowest BCUT2D eigenvalue weighted by atomic mass is 10.2. The largest absolute Gasteiger partial charge is 0.478 e. The van der Waals surface area contributed by atoms with E-state index in [1.165, 1.54) is 24.3 Å². The van der Waals surface area contributed by atoms with E-state index in [9.17, 15) is 13.6 Å². The summed E-state index contributed by atoms with van der Waals surface area (Å²) in [5.41, 5.74) is 0.355. The molecule has 21 heavy (non-hydrogen) atoms. The zero-order valence-corrected chi connectivity index (χ0v) is 11.3. The van der Waals surface area contributed by atoms with Crippen LogP contribution < -0.4 is 4.74 Å². The van der Waals surface area contributed by atoms with E-state index in [0.29, 0.717) is 16.7 Å². The maximum atomic E-state index is 13.6. The van der Waals surface area contributed by atoms with E-state index >= 15 is 0 Å². The van der Waals surface area contributed by atoms with Gasteiger partial charge in [-0.05, 0) is 36.4 Å². The first kappa shape index (κ1) is 15.0. The van der Waals surface area contributed by atoms with Gasteiger partial charge in [0, 0.05) is 22.7 Å². The highest BCUT2D eigenvalue weighted by Crippen LogP contribution is 2.30. The molecule has 0 unspecified atom stereocenters. The van der Waals surface area contributed by atoms with E-state index in [1.54, 1.807) is 0 Å². The van der Waals surface area contributed by atoms with Crippen molar-refractivity contribution >= 4 is 23.6 Å². The summed E-state index contributed by atoms with van der Waals surface area (Å²) in [4.78, 5) is 10.6. The highest BCUT2D eigenvalue weighted by atomic mass is 35.5. The normalized spacial score (nSPS) is 10.8. The lowest BCUT2D eigenvalue weighted by Crippen LogP contribution is -1.92. The van der Waals surface area contributed by atoms with Crippen LogP contribution >= 0.6 is 11.6 Å². The number of hydrogen-bond donors (Lipinski definition) is 1. The molecule has 108 valence electrons. The number of ether oxygens (including phenoxy) is 1. The Hall–Kier alpha value is -2.40. The zero-order chi connectivity index (χ0) is 15.4. The van der Waals surface area contributed by atoms with Crippen molar-refractivity contribution in [2.24, 2.45) is 0 Å². The minimum atomic E-state index is -1.14. The first-order valence-electron chi connectivity index (χ1n) is 5.79. The van der Waals surface area contributed by atoms with E-state index in [-0.39, 0.29) is 11.5 Å². The third kappa shape index (κ3) is 4.03. The number of benzene rings is 2. The fourth-order valence-electron chi connectivity index (χ4n) is 1.58. The predicted octanol–water partition coefficient (Wildman–Crippen LogP) is 4.51. The van der Waals surface area contributed by atoms with Crippen LogP contribution in [0.3, 0.4) is 0 Å². The van der Waals surface area contributed by atoms with Gasteiger partial charge in [0.1, 0.15) is 11.6 Å². The Labute approximate surface area is 124 Å². The minimum absolute atomic E-state index is 0.177. The van der Waals surface area contributed by atoms with E-state index < -0.39 is 17.6 Å². The van der Waals surface area contributed by atoms with Gasteiger partial charge in [-0.1, -0.05) is 11.6 Å². The molecule has 0 heterocycles. The molecule has 0 saturated carbocycles. The average molecular weight is 311 g/mol. The van der Waals surface area contributed by atoms with Gasteiger partial charge in [-0.25, -0.2) is 13.6 Å². The van der Waals surface area contributed by atoms with Gasteiger partial charge in [-0.3, -0.25) is 0 Å². The third-order valence-electron chi connectivity index (χ3n) is 2.49. The molecule has 0 amide bonds. The van der Waals surface area contributed by atoms with Gasteiger partial charge in [0.05, 0.1) is 0 Å². The van der Waals surface area contributed by atoms with Crippen LogP contribution in [0.15, 0.2) is 42.5 Å². The van der Waals surface area contributed by atoms with Gasteiger partial charge in [0.15, 0.2) is 11.6 Å². The van der Waals surface area contributed by atoms with Crippen molar-refractivity contribution < 1.29 is 23.4 Å². The molecule has 6 heteroatoms. The molecule has 0 aliphatic rings. The van der Waals surface area contributed by atoms with Crippen molar-refractivity contribution in [2.75, 3.05) is 0 Å². The smallest absolute Gasteiger partial charge is 0.328 e. The van der Waals surface area contributed by atoms with Crippen molar-refractivity contribution in [3.63, 3.8) is 0 Å². The first-order chi connectivity index (χ1) is 9.95. The molecule has 0 aliphatic carbocycles. The molecule has 2 aromatic carbocycles. The maximum absolute atomic E-state index is 13.6. The van der Waals surface area contributed by atoms with Crippen LogP contribution in [-0.2, 0) is 4.79 Å². The number of carboxylic acids is 1. The van der Waals surface area contributed by atoms with E-state index in [2.05, 4.69) is 0 Å². The molecule has 2 rings (SSSR count). The molecule has 2 aromatic rings. The highest BCUT2D eigenvalue weighted by molar-refractivity contribution is 6.30. The zero-order valence-electron chi connectivity index (χ0n) is 10.5. The molecular formula is C15H9ClF2O3. The van der Waals surface area contributed by atoms with Crippen molar-refractivity contribution in [3.8, 4) is 11.5 Å². The Bertz CT molecular complexity index is 714. The molecule has 1 N–H and O–H groups in total. The predicted molar refractivity (Wildman–Crippen MR) is 74.6 cm³/mol. The van der Waals surface area contributed by atoms with E-state index in [1.807, 2.05) is 0 Å². The molecule has 0 fully saturated rings. The summed E-state index contributed by atoms with van der Waals surface area (Å²) in [6, 6.07) is 7.34. The minimum Gasteiger partial charge on any atom is -0.478 e. The van der Waals surface area contributed by atoms with Gasteiger partial charge >= 0.3 is 5.97 Å². The molecule has 0 aliphatic heterocycles. The average Bonchev–Trinajstić information content (AvgIpc) is 2.41. The van der Waals surface area contributed by atoms with Crippen molar-refractivity contribution in [2.45, 2.75) is 0 Å². The number of carbonyl (C=O) groups is 1. The SMILES string of the molecule is O=C(O)/C=C/c1cc(Cl)ccc1Oc1ccc(F)cc1F. The second kappa shape index (κ2) is 6.37. The maximum Gasteiger partial charge on any atom is 0.328 e. The van der Waals surface area contributed by atoms with E-state index in [4.69, 9.17) is 21.4 Å². The van der Waals surface area contributed by atoms with E-state index in [0.717, 1.165) is 18.2 Å². The van der Waals surface area contributed by atoms with Crippen molar-refractivity contribution in [1.82, 2.24) is 0 Å². The quantitative estimate of drug-likeness (QED) is 0.845. The lowest BCUT2D eigenvalue weighted by molar-refractivity contribution is -0.131. The van der Waals surface area contributed by atoms with Crippen LogP contribution in [0.25, 0.3) is 6.08 Å². The van der Waals surface area contributed by atoms with Crippen LogP contribution in [-0.4, -0.2) is 11.1 Å². The molecule has 0 spiro atoms. The Morgan fingerprint density at radius 1 is 1.14 bits per heavy atom. The number of aliphatic carboxylic acids is 1. The Balaban J connectivity index is 2.37. The Morgan fingerprint density at radius 2 is 1.86 bits per heavy atom. The topological polar surface area (TPSA) is 46.5 Å². The Kier molecular flexibility index (Phi) is 4.55. The molecular weight excluding hydrogens is 302 g/mol. The van der Waals surface area contributed by atoms with Crippen molar-refractivity contribution in [1.29, 1.82) is 0 Å². The second-order valence-electron chi connectivity index (χ2n) is 4.03. The van der Waals surface area contributed by atoms with Crippen LogP contribution in [0.1, 0.15) is 5.56 Å². The van der Waals surface area contributed by atoms with Crippen LogP contribution in [0.2, 0.25) is 5.02 Å². The highest BCUT2D eigenvalue weighted by Gasteiger charge is 2.09. The summed E-state index contributed by atoms with van der Waals surface area (Å²) < 4.78 is 31.7. The van der Waals surface area contributed by atoms with Gasteiger partial charge in [-0.2, -0.15) is 0 Å². The number of rotatable bonds is 4. The molecule has 0 bridgehead atoms. The fourth-order valence-corrected chi connectivity index (χ4v) is 1.76. The number of hydrogen-bond acceptors (Lipinski definition) is 2. The van der Waals surface area contributed by atoms with Crippen molar-refractivity contribution in [3.05, 3.63) is 64.7 Å². The fraction of sp³-hybridized carbons (Fsp3) is 0. The van der Waals surface area contributed by atoms with Crippen LogP contribution in [0.5, 0.6) is 11.5 Å². The summed E-state index contributed by atoms with van der Waals surface area (Å²) >= 11 is 5.83. The standard InChI is InChI=1S/C15H9ClF2O3/c16-10-2-4-13(9(7-10)1-6-15(19)20)21-14-5-3-11(17)8-12(14)18/h1-8H,(H,19,20)/b6-1+.